The van der Waals surface area contributed by atoms with Crippen molar-refractivity contribution in [2.75, 3.05) is 5.32 Å². The van der Waals surface area contributed by atoms with Crippen LogP contribution in [0.1, 0.15) is 26.3 Å². The average Bonchev–Trinajstić information content (AvgIpc) is 2.69. The van der Waals surface area contributed by atoms with E-state index < -0.39 is 11.7 Å². The van der Waals surface area contributed by atoms with Crippen LogP contribution < -0.4 is 10.8 Å². The highest BCUT2D eigenvalue weighted by Gasteiger charge is 2.17. The molecule has 1 N–H and O–H groups in total. The molecule has 0 aliphatic carbocycles. The SMILES string of the molecule is Bc1cc(C#N)cc2sc(NC(=O)OC(C)(C)C)nc12. The zero-order valence-electron chi connectivity index (χ0n) is 11.8. The maximum Gasteiger partial charge on any atom is 0.413 e. The Morgan fingerprint density at radius 1 is 1.50 bits per heavy atom. The number of fused-ring (bicyclic) bond motifs is 1. The number of thiazole rings is 1. The Labute approximate surface area is 122 Å². The highest BCUT2D eigenvalue weighted by molar-refractivity contribution is 7.22. The largest absolute Gasteiger partial charge is 0.444 e. The van der Waals surface area contributed by atoms with Crippen molar-refractivity contribution in [3.63, 3.8) is 0 Å². The Morgan fingerprint density at radius 3 is 2.80 bits per heavy atom. The van der Waals surface area contributed by atoms with Gasteiger partial charge in [-0.2, -0.15) is 5.26 Å². The summed E-state index contributed by atoms with van der Waals surface area (Å²) in [5, 5.41) is 12.0. The second-order valence-corrected chi connectivity index (χ2v) is 6.43. The number of hydrogen-bond acceptors (Lipinski definition) is 5. The van der Waals surface area contributed by atoms with Crippen LogP contribution in [0, 0.1) is 11.3 Å². The highest BCUT2D eigenvalue weighted by atomic mass is 32.1. The molecule has 0 aliphatic rings. The zero-order valence-corrected chi connectivity index (χ0v) is 12.6. The van der Waals surface area contributed by atoms with Crippen LogP contribution in [-0.4, -0.2) is 24.5 Å². The molecule has 0 fully saturated rings. The lowest BCUT2D eigenvalue weighted by atomic mass is 9.93. The zero-order chi connectivity index (χ0) is 14.9. The maximum atomic E-state index is 11.7. The van der Waals surface area contributed by atoms with Gasteiger partial charge in [-0.05, 0) is 32.9 Å². The van der Waals surface area contributed by atoms with Crippen LogP contribution in [0.3, 0.4) is 0 Å². The van der Waals surface area contributed by atoms with Crippen molar-refractivity contribution in [1.29, 1.82) is 5.26 Å². The molecule has 0 unspecified atom stereocenters. The van der Waals surface area contributed by atoms with Crippen LogP contribution in [-0.2, 0) is 4.74 Å². The first-order chi connectivity index (χ1) is 9.28. The number of rotatable bonds is 1. The number of anilines is 1. The van der Waals surface area contributed by atoms with Gasteiger partial charge in [0.05, 0.1) is 21.8 Å². The fourth-order valence-electron chi connectivity index (χ4n) is 1.71. The topological polar surface area (TPSA) is 75.0 Å². The van der Waals surface area contributed by atoms with E-state index in [1.165, 1.54) is 11.3 Å². The van der Waals surface area contributed by atoms with Crippen molar-refractivity contribution in [2.45, 2.75) is 26.4 Å². The fourth-order valence-corrected chi connectivity index (χ4v) is 2.67. The molecule has 20 heavy (non-hydrogen) atoms. The van der Waals surface area contributed by atoms with Crippen LogP contribution in [0.25, 0.3) is 10.2 Å². The molecule has 0 radical (unpaired) electrons. The van der Waals surface area contributed by atoms with E-state index in [0.29, 0.717) is 10.7 Å². The number of hydrogen-bond donors (Lipinski definition) is 1. The van der Waals surface area contributed by atoms with Crippen LogP contribution in [0.2, 0.25) is 0 Å². The van der Waals surface area contributed by atoms with Gasteiger partial charge in [0.1, 0.15) is 13.4 Å². The number of ether oxygens (including phenoxy) is 1. The molecule has 1 aromatic carbocycles. The minimum atomic E-state index is -0.551. The Balaban J connectivity index is 2.27. The molecular formula is C13H14BN3O2S. The lowest BCUT2D eigenvalue weighted by Gasteiger charge is -2.18. The smallest absolute Gasteiger partial charge is 0.413 e. The molecule has 2 rings (SSSR count). The number of amides is 1. The predicted molar refractivity (Wildman–Crippen MR) is 82.4 cm³/mol. The number of carbonyl (C=O) groups excluding carboxylic acids is 1. The minimum Gasteiger partial charge on any atom is -0.444 e. The van der Waals surface area contributed by atoms with E-state index in [-0.39, 0.29) is 0 Å². The second kappa shape index (κ2) is 5.14. The molecule has 7 heteroatoms. The molecule has 102 valence electrons. The number of benzene rings is 1. The Morgan fingerprint density at radius 2 is 2.20 bits per heavy atom. The maximum absolute atomic E-state index is 11.7. The Hall–Kier alpha value is -2.07. The number of aromatic nitrogens is 1. The lowest BCUT2D eigenvalue weighted by molar-refractivity contribution is 0.0636. The normalized spacial score (nSPS) is 11.1. The van der Waals surface area contributed by atoms with Crippen LogP contribution >= 0.6 is 11.3 Å². The van der Waals surface area contributed by atoms with Crippen LogP contribution in [0.4, 0.5) is 9.93 Å². The van der Waals surface area contributed by atoms with Gasteiger partial charge < -0.3 is 4.74 Å². The third-order valence-corrected chi connectivity index (χ3v) is 3.34. The summed E-state index contributed by atoms with van der Waals surface area (Å²) in [4.78, 5) is 16.0. The molecule has 0 bridgehead atoms. The fraction of sp³-hybridized carbons (Fsp3) is 0.308. The van der Waals surface area contributed by atoms with Gasteiger partial charge in [-0.25, -0.2) is 9.78 Å². The van der Waals surface area contributed by atoms with Gasteiger partial charge in [-0.1, -0.05) is 16.8 Å². The van der Waals surface area contributed by atoms with E-state index in [9.17, 15) is 4.79 Å². The summed E-state index contributed by atoms with van der Waals surface area (Å²) >= 11 is 1.32. The van der Waals surface area contributed by atoms with Gasteiger partial charge in [0.2, 0.25) is 0 Å². The first-order valence-electron chi connectivity index (χ1n) is 6.10. The van der Waals surface area contributed by atoms with Gasteiger partial charge in [0.25, 0.3) is 0 Å². The van der Waals surface area contributed by atoms with Gasteiger partial charge >= 0.3 is 6.09 Å². The molecule has 1 amide bonds. The standard InChI is InChI=1S/C13H14BN3O2S/c1-13(2,3)19-12(18)17-11-16-10-8(14)4-7(6-15)5-9(10)20-11/h4-5H,14H2,1-3H3,(H,16,17,18). The van der Waals surface area contributed by atoms with Crippen molar-refractivity contribution in [3.05, 3.63) is 17.7 Å². The third-order valence-electron chi connectivity index (χ3n) is 2.42. The monoisotopic (exact) mass is 287 g/mol. The van der Waals surface area contributed by atoms with Crippen molar-refractivity contribution >= 4 is 46.1 Å². The summed E-state index contributed by atoms with van der Waals surface area (Å²) in [6, 6.07) is 5.65. The van der Waals surface area contributed by atoms with E-state index in [4.69, 9.17) is 10.00 Å². The number of nitrogens with one attached hydrogen (secondary N) is 1. The molecule has 0 atom stereocenters. The number of nitrogens with zero attached hydrogens (tertiary/aromatic N) is 2. The van der Waals surface area contributed by atoms with Crippen molar-refractivity contribution in [1.82, 2.24) is 4.98 Å². The van der Waals surface area contributed by atoms with E-state index in [1.807, 2.05) is 7.85 Å². The first kappa shape index (κ1) is 14.3. The number of carbonyl (C=O) groups is 1. The molecule has 1 heterocycles. The van der Waals surface area contributed by atoms with Gasteiger partial charge in [0.15, 0.2) is 5.13 Å². The summed E-state index contributed by atoms with van der Waals surface area (Å²) in [5.74, 6) is 0. The molecule has 0 saturated carbocycles. The molecule has 0 spiro atoms. The minimum absolute atomic E-state index is 0.465. The van der Waals surface area contributed by atoms with E-state index in [2.05, 4.69) is 16.4 Å². The third kappa shape index (κ3) is 3.28. The summed E-state index contributed by atoms with van der Waals surface area (Å²) in [5.41, 5.74) is 1.74. The van der Waals surface area contributed by atoms with Gasteiger partial charge in [-0.3, -0.25) is 5.32 Å². The van der Waals surface area contributed by atoms with Crippen molar-refractivity contribution in [2.24, 2.45) is 0 Å². The summed E-state index contributed by atoms with van der Waals surface area (Å²) in [7, 11) is 1.89. The molecule has 0 saturated heterocycles. The molecule has 5 nitrogen and oxygen atoms in total. The second-order valence-electron chi connectivity index (χ2n) is 5.40. The molecular weight excluding hydrogens is 273 g/mol. The summed E-state index contributed by atoms with van der Waals surface area (Å²) in [6.07, 6.45) is -0.533. The van der Waals surface area contributed by atoms with E-state index in [0.717, 1.165) is 15.7 Å². The Kier molecular flexibility index (Phi) is 3.68. The number of nitriles is 1. The van der Waals surface area contributed by atoms with E-state index in [1.54, 1.807) is 32.9 Å². The predicted octanol–water partition coefficient (Wildman–Crippen LogP) is 1.77. The molecule has 2 aromatic rings. The van der Waals surface area contributed by atoms with Crippen molar-refractivity contribution < 1.29 is 9.53 Å². The van der Waals surface area contributed by atoms with E-state index >= 15 is 0 Å². The average molecular weight is 287 g/mol. The summed E-state index contributed by atoms with van der Waals surface area (Å²) < 4.78 is 6.05. The van der Waals surface area contributed by atoms with Crippen LogP contribution in [0.15, 0.2) is 12.1 Å². The van der Waals surface area contributed by atoms with Gasteiger partial charge in [-0.15, -0.1) is 0 Å². The lowest BCUT2D eigenvalue weighted by Crippen LogP contribution is -2.27. The van der Waals surface area contributed by atoms with Crippen LogP contribution in [0.5, 0.6) is 0 Å². The molecule has 0 aliphatic heterocycles. The Bertz CT molecular complexity index is 713. The van der Waals surface area contributed by atoms with Crippen molar-refractivity contribution in [3.8, 4) is 6.07 Å². The highest BCUT2D eigenvalue weighted by Crippen LogP contribution is 2.25. The summed E-state index contributed by atoms with van der Waals surface area (Å²) in [6.45, 7) is 5.40. The molecule has 1 aromatic heterocycles. The van der Waals surface area contributed by atoms with Gasteiger partial charge in [0, 0.05) is 0 Å². The quantitative estimate of drug-likeness (QED) is 0.811. The first-order valence-corrected chi connectivity index (χ1v) is 6.91.